The molecule has 67 heavy (non-hydrogen) atoms. The van der Waals surface area contributed by atoms with Crippen molar-refractivity contribution in [1.82, 2.24) is 19.1 Å². The molecule has 0 saturated heterocycles. The molecule has 0 aliphatic rings. The van der Waals surface area contributed by atoms with E-state index < -0.39 is 0 Å². The van der Waals surface area contributed by atoms with Crippen LogP contribution in [0, 0.1) is 0 Å². The van der Waals surface area contributed by atoms with Crippen molar-refractivity contribution >= 4 is 32.8 Å². The van der Waals surface area contributed by atoms with E-state index in [1.807, 2.05) is 30.5 Å². The van der Waals surface area contributed by atoms with Crippen molar-refractivity contribution in [2.75, 3.05) is 0 Å². The molecule has 0 saturated carbocycles. The van der Waals surface area contributed by atoms with Gasteiger partial charge < -0.3 is 9.30 Å². The summed E-state index contributed by atoms with van der Waals surface area (Å²) in [5.74, 6) is 2.28. The van der Waals surface area contributed by atoms with Gasteiger partial charge in [-0.1, -0.05) is 169 Å². The molecular weight excluding hydrogens is 817 g/mol. The van der Waals surface area contributed by atoms with E-state index in [4.69, 9.17) is 14.7 Å². The Labute approximate surface area is 392 Å². The van der Waals surface area contributed by atoms with Gasteiger partial charge in [0.1, 0.15) is 17.3 Å². The highest BCUT2D eigenvalue weighted by atomic mass is 16.5. The summed E-state index contributed by atoms with van der Waals surface area (Å²) >= 11 is 0. The lowest BCUT2D eigenvalue weighted by atomic mass is 9.85. The van der Waals surface area contributed by atoms with Crippen molar-refractivity contribution in [3.63, 3.8) is 0 Å². The van der Waals surface area contributed by atoms with E-state index >= 15 is 0 Å². The Morgan fingerprint density at radius 1 is 0.403 bits per heavy atom. The molecule has 0 N–H and O–H groups in total. The summed E-state index contributed by atoms with van der Waals surface area (Å²) < 4.78 is 11.4. The van der Waals surface area contributed by atoms with Gasteiger partial charge in [0, 0.05) is 39.2 Å². The minimum Gasteiger partial charge on any atom is -0.457 e. The van der Waals surface area contributed by atoms with Gasteiger partial charge in [-0.2, -0.15) is 0 Å². The first-order valence-electron chi connectivity index (χ1n) is 23.1. The number of fused-ring (bicyclic) bond motifs is 4. The molecule has 0 fully saturated rings. The molecule has 0 aliphatic heterocycles. The van der Waals surface area contributed by atoms with E-state index in [1.165, 1.54) is 27.6 Å². The van der Waals surface area contributed by atoms with Crippen LogP contribution in [0.4, 0.5) is 0 Å². The van der Waals surface area contributed by atoms with Gasteiger partial charge in [0.25, 0.3) is 0 Å². The summed E-state index contributed by atoms with van der Waals surface area (Å²) in [5.41, 5.74) is 16.4. The van der Waals surface area contributed by atoms with Gasteiger partial charge in [-0.3, -0.25) is 9.55 Å². The van der Waals surface area contributed by atoms with Crippen LogP contribution in [0.1, 0.15) is 52.7 Å². The van der Waals surface area contributed by atoms with Crippen LogP contribution in [0.3, 0.4) is 0 Å². The number of imidazole rings is 1. The average Bonchev–Trinajstić information content (AvgIpc) is 3.90. The van der Waals surface area contributed by atoms with Gasteiger partial charge in [0.15, 0.2) is 0 Å². The van der Waals surface area contributed by atoms with E-state index in [2.05, 4.69) is 227 Å². The largest absolute Gasteiger partial charge is 0.457 e. The zero-order valence-corrected chi connectivity index (χ0v) is 38.8. The monoisotopic (exact) mass is 868 g/mol. The van der Waals surface area contributed by atoms with Crippen molar-refractivity contribution in [1.29, 1.82) is 0 Å². The van der Waals surface area contributed by atoms with E-state index in [0.717, 1.165) is 84.1 Å². The number of ether oxygens (including phenoxy) is 1. The third-order valence-electron chi connectivity index (χ3n) is 13.0. The van der Waals surface area contributed by atoms with Crippen LogP contribution in [0.15, 0.2) is 206 Å². The minimum atomic E-state index is -0.0147. The van der Waals surface area contributed by atoms with Gasteiger partial charge in [0.2, 0.25) is 0 Å². The summed E-state index contributed by atoms with van der Waals surface area (Å²) in [4.78, 5) is 10.4. The lowest BCUT2D eigenvalue weighted by molar-refractivity contribution is 0.483. The number of aromatic nitrogens is 4. The topological polar surface area (TPSA) is 44.9 Å². The van der Waals surface area contributed by atoms with Crippen LogP contribution < -0.4 is 4.74 Å². The molecule has 3 aromatic heterocycles. The first-order valence-corrected chi connectivity index (χ1v) is 23.1. The number of hydrogen-bond acceptors (Lipinski definition) is 3. The molecule has 5 heteroatoms. The Morgan fingerprint density at radius 2 is 0.925 bits per heavy atom. The van der Waals surface area contributed by atoms with Gasteiger partial charge in [-0.25, -0.2) is 4.98 Å². The maximum atomic E-state index is 6.73. The summed E-state index contributed by atoms with van der Waals surface area (Å²) in [6.45, 7) is 13.6. The fraction of sp³-hybridized carbons (Fsp3) is 0.129. The fourth-order valence-corrected chi connectivity index (χ4v) is 9.39. The quantitative estimate of drug-likeness (QED) is 0.153. The van der Waals surface area contributed by atoms with Crippen molar-refractivity contribution in [3.05, 3.63) is 218 Å². The summed E-state index contributed by atoms with van der Waals surface area (Å²) in [7, 11) is 0. The normalized spacial score (nSPS) is 12.0. The summed E-state index contributed by atoms with van der Waals surface area (Å²) in [6.07, 6.45) is 2.03. The first kappa shape index (κ1) is 41.7. The van der Waals surface area contributed by atoms with Crippen molar-refractivity contribution < 1.29 is 4.74 Å². The molecule has 8 aromatic carbocycles. The molecule has 0 radical (unpaired) electrons. The predicted octanol–water partition coefficient (Wildman–Crippen LogP) is 16.6. The van der Waals surface area contributed by atoms with E-state index in [9.17, 15) is 0 Å². The van der Waals surface area contributed by atoms with Crippen molar-refractivity contribution in [2.24, 2.45) is 0 Å². The predicted molar refractivity (Wildman–Crippen MR) is 279 cm³/mol. The highest BCUT2D eigenvalue weighted by Gasteiger charge is 2.23. The standard InChI is InChI=1S/C62H52N4O/c1-61(2,3)45-31-33-56(50(37-45)41-19-9-7-10-20-41)65-55-29-15-13-27-49(55)52-40-63-54(39-59(52)65)43-23-17-25-47(35-43)67-48-26-18-24-44(36-48)60-64-53-28-14-16-30-58(53)66(60)57-34-32-46(62(4,5)6)38-51(57)42-21-11-8-12-22-42/h7-40H,1-6H3. The minimum absolute atomic E-state index is 0.00320. The molecule has 11 aromatic rings. The van der Waals surface area contributed by atoms with Crippen LogP contribution in [-0.4, -0.2) is 19.1 Å². The van der Waals surface area contributed by atoms with Gasteiger partial charge >= 0.3 is 0 Å². The molecule has 326 valence electrons. The van der Waals surface area contributed by atoms with Crippen LogP contribution in [0.5, 0.6) is 11.5 Å². The third-order valence-corrected chi connectivity index (χ3v) is 13.0. The van der Waals surface area contributed by atoms with Crippen LogP contribution in [0.25, 0.3) is 89.1 Å². The summed E-state index contributed by atoms with van der Waals surface area (Å²) in [6, 6.07) is 70.9. The SMILES string of the molecule is CC(C)(C)c1ccc(-n2c(-c3cccc(Oc4cccc(-c5cc6c(cn5)c5ccccc5n6-c5ccc(C(C)(C)C)cc5-c5ccccc5)c4)c3)nc3ccccc32)c(-c2ccccc2)c1. The number of rotatable bonds is 8. The molecule has 0 aliphatic carbocycles. The van der Waals surface area contributed by atoms with E-state index in [0.29, 0.717) is 0 Å². The van der Waals surface area contributed by atoms with Crippen molar-refractivity contribution in [2.45, 2.75) is 52.4 Å². The van der Waals surface area contributed by atoms with Gasteiger partial charge in [-0.05, 0) is 106 Å². The molecule has 0 spiro atoms. The molecular formula is C62H52N4O. The van der Waals surface area contributed by atoms with Crippen LogP contribution in [-0.2, 0) is 10.8 Å². The maximum Gasteiger partial charge on any atom is 0.145 e. The highest BCUT2D eigenvalue weighted by Crippen LogP contribution is 2.41. The van der Waals surface area contributed by atoms with Crippen LogP contribution >= 0.6 is 0 Å². The third kappa shape index (κ3) is 7.76. The Morgan fingerprint density at radius 3 is 1.55 bits per heavy atom. The Balaban J connectivity index is 0.985. The lowest BCUT2D eigenvalue weighted by Gasteiger charge is -2.23. The summed E-state index contributed by atoms with van der Waals surface area (Å²) in [5, 5.41) is 2.27. The second-order valence-corrected chi connectivity index (χ2v) is 19.6. The zero-order valence-electron chi connectivity index (χ0n) is 38.8. The molecule has 3 heterocycles. The van der Waals surface area contributed by atoms with E-state index in [-0.39, 0.29) is 10.8 Å². The molecule has 5 nitrogen and oxygen atoms in total. The van der Waals surface area contributed by atoms with Gasteiger partial charge in [-0.15, -0.1) is 0 Å². The lowest BCUT2D eigenvalue weighted by Crippen LogP contribution is -2.12. The average molecular weight is 869 g/mol. The number of benzene rings is 8. The van der Waals surface area contributed by atoms with E-state index in [1.54, 1.807) is 0 Å². The zero-order chi connectivity index (χ0) is 45.9. The first-order chi connectivity index (χ1) is 32.5. The second kappa shape index (κ2) is 16.4. The maximum absolute atomic E-state index is 6.73. The van der Waals surface area contributed by atoms with Crippen molar-refractivity contribution in [3.8, 4) is 67.8 Å². The second-order valence-electron chi connectivity index (χ2n) is 19.6. The Hall–Kier alpha value is -8.02. The van der Waals surface area contributed by atoms with Gasteiger partial charge in [0.05, 0.1) is 39.1 Å². The number of para-hydroxylation sites is 3. The molecule has 0 unspecified atom stereocenters. The van der Waals surface area contributed by atoms with Crippen LogP contribution in [0.2, 0.25) is 0 Å². The Bertz CT molecular complexity index is 3620. The molecule has 0 bridgehead atoms. The smallest absolute Gasteiger partial charge is 0.145 e. The fourth-order valence-electron chi connectivity index (χ4n) is 9.39. The molecule has 11 rings (SSSR count). The number of pyridine rings is 1. The number of hydrogen-bond donors (Lipinski definition) is 0. The highest BCUT2D eigenvalue weighted by molar-refractivity contribution is 6.10. The molecule has 0 atom stereocenters. The number of nitrogens with zero attached hydrogens (tertiary/aromatic N) is 4. The Kier molecular flexibility index (Phi) is 10.2. The molecule has 0 amide bonds.